The molecule has 0 unspecified atom stereocenters. The Labute approximate surface area is 268 Å². The number of unbranched alkanes of at least 4 members (excludes halogenated alkanes) is 1. The van der Waals surface area contributed by atoms with E-state index in [4.69, 9.17) is 9.47 Å². The first-order valence-corrected chi connectivity index (χ1v) is 15.9. The molecule has 0 radical (unpaired) electrons. The van der Waals surface area contributed by atoms with Gasteiger partial charge in [0.05, 0.1) is 6.61 Å². The van der Waals surface area contributed by atoms with Crippen LogP contribution in [-0.4, -0.2) is 61.6 Å². The van der Waals surface area contributed by atoms with Gasteiger partial charge >= 0.3 is 5.97 Å². The monoisotopic (exact) mass is 624 g/mol. The van der Waals surface area contributed by atoms with Crippen molar-refractivity contribution in [3.63, 3.8) is 0 Å². The summed E-state index contributed by atoms with van der Waals surface area (Å²) in [7, 11) is 1.93. The SMILES string of the molecule is CNCCCCOc1ccc(C)c(CNC(=O)[C@H](CCc2ccccc2)NC(=O)[C@H](CCCC(=O)OC(C)(C)C)NC(C)=O)c1. The molecule has 0 aromatic heterocycles. The fourth-order valence-electron chi connectivity index (χ4n) is 4.68. The summed E-state index contributed by atoms with van der Waals surface area (Å²) in [5.41, 5.74) is 2.36. The molecule has 10 heteroatoms. The van der Waals surface area contributed by atoms with Crippen LogP contribution in [0.1, 0.15) is 82.9 Å². The molecule has 0 bridgehead atoms. The normalized spacial score (nSPS) is 12.5. The minimum absolute atomic E-state index is 0.108. The number of carbonyl (C=O) groups excluding carboxylic acids is 4. The van der Waals surface area contributed by atoms with Gasteiger partial charge < -0.3 is 30.7 Å². The molecule has 2 aromatic rings. The van der Waals surface area contributed by atoms with Crippen LogP contribution in [0, 0.1) is 6.92 Å². The largest absolute Gasteiger partial charge is 0.494 e. The van der Waals surface area contributed by atoms with E-state index in [0.29, 0.717) is 25.9 Å². The van der Waals surface area contributed by atoms with Gasteiger partial charge in [-0.1, -0.05) is 36.4 Å². The number of carbonyl (C=O) groups is 4. The van der Waals surface area contributed by atoms with Crippen LogP contribution in [0.3, 0.4) is 0 Å². The summed E-state index contributed by atoms with van der Waals surface area (Å²) in [5, 5.41) is 11.6. The third-order valence-electron chi connectivity index (χ3n) is 7.05. The zero-order chi connectivity index (χ0) is 33.2. The lowest BCUT2D eigenvalue weighted by molar-refractivity contribution is -0.155. The maximum atomic E-state index is 13.5. The third-order valence-corrected chi connectivity index (χ3v) is 7.05. The number of hydrogen-bond acceptors (Lipinski definition) is 7. The number of hydrogen-bond donors (Lipinski definition) is 4. The summed E-state index contributed by atoms with van der Waals surface area (Å²) in [6.07, 6.45) is 3.55. The quantitative estimate of drug-likeness (QED) is 0.136. The fourth-order valence-corrected chi connectivity index (χ4v) is 4.68. The number of aryl methyl sites for hydroxylation is 2. The Morgan fingerprint density at radius 1 is 0.867 bits per heavy atom. The van der Waals surface area contributed by atoms with E-state index in [2.05, 4.69) is 21.3 Å². The van der Waals surface area contributed by atoms with Crippen molar-refractivity contribution < 1.29 is 28.7 Å². The summed E-state index contributed by atoms with van der Waals surface area (Å²) in [6, 6.07) is 13.8. The van der Waals surface area contributed by atoms with Crippen molar-refractivity contribution in [2.75, 3.05) is 20.2 Å². The average molecular weight is 625 g/mol. The van der Waals surface area contributed by atoms with E-state index >= 15 is 0 Å². The van der Waals surface area contributed by atoms with Crippen molar-refractivity contribution in [3.8, 4) is 5.75 Å². The van der Waals surface area contributed by atoms with Gasteiger partial charge in [-0.15, -0.1) is 0 Å². The van der Waals surface area contributed by atoms with E-state index in [9.17, 15) is 19.2 Å². The van der Waals surface area contributed by atoms with E-state index in [1.165, 1.54) is 6.92 Å². The Kier molecular flexibility index (Phi) is 16.1. The molecular weight excluding hydrogens is 572 g/mol. The number of rotatable bonds is 19. The molecule has 45 heavy (non-hydrogen) atoms. The Morgan fingerprint density at radius 3 is 2.24 bits per heavy atom. The zero-order valence-electron chi connectivity index (χ0n) is 27.8. The Balaban J connectivity index is 2.09. The highest BCUT2D eigenvalue weighted by Gasteiger charge is 2.27. The van der Waals surface area contributed by atoms with E-state index < -0.39 is 23.6 Å². The predicted octanol–water partition coefficient (Wildman–Crippen LogP) is 4.12. The molecule has 0 fully saturated rings. The average Bonchev–Trinajstić information content (AvgIpc) is 2.97. The predicted molar refractivity (Wildman–Crippen MR) is 176 cm³/mol. The van der Waals surface area contributed by atoms with E-state index in [-0.39, 0.29) is 37.2 Å². The maximum absolute atomic E-state index is 13.5. The van der Waals surface area contributed by atoms with Crippen LogP contribution in [0.4, 0.5) is 0 Å². The molecule has 0 heterocycles. The number of amides is 3. The van der Waals surface area contributed by atoms with Gasteiger partial charge in [0.15, 0.2) is 0 Å². The second-order valence-corrected chi connectivity index (χ2v) is 12.3. The third kappa shape index (κ3) is 15.6. The van der Waals surface area contributed by atoms with Crippen molar-refractivity contribution >= 4 is 23.7 Å². The van der Waals surface area contributed by atoms with Crippen molar-refractivity contribution in [2.24, 2.45) is 0 Å². The van der Waals surface area contributed by atoms with E-state index in [1.807, 2.05) is 62.5 Å². The van der Waals surface area contributed by atoms with Crippen LogP contribution in [0.25, 0.3) is 0 Å². The van der Waals surface area contributed by atoms with Crippen molar-refractivity contribution in [1.29, 1.82) is 0 Å². The number of esters is 1. The van der Waals surface area contributed by atoms with E-state index in [0.717, 1.165) is 41.8 Å². The molecule has 248 valence electrons. The van der Waals surface area contributed by atoms with Crippen molar-refractivity contribution in [3.05, 3.63) is 65.2 Å². The van der Waals surface area contributed by atoms with Gasteiger partial charge in [-0.05, 0) is 109 Å². The second-order valence-electron chi connectivity index (χ2n) is 12.3. The highest BCUT2D eigenvalue weighted by molar-refractivity contribution is 5.91. The Morgan fingerprint density at radius 2 is 1.58 bits per heavy atom. The molecule has 0 aliphatic carbocycles. The van der Waals surface area contributed by atoms with Gasteiger partial charge in [0.2, 0.25) is 17.7 Å². The van der Waals surface area contributed by atoms with Crippen LogP contribution in [0.15, 0.2) is 48.5 Å². The molecule has 0 saturated carbocycles. The van der Waals surface area contributed by atoms with Gasteiger partial charge in [-0.2, -0.15) is 0 Å². The molecule has 3 amide bonds. The van der Waals surface area contributed by atoms with Crippen LogP contribution >= 0.6 is 0 Å². The molecule has 2 atom stereocenters. The molecular formula is C35H52N4O6. The fraction of sp³-hybridized carbons (Fsp3) is 0.543. The standard InChI is InChI=1S/C35H52N4O6/c1-25-17-19-29(44-22-11-10-21-36-6)23-28(25)24-37-33(42)31(20-18-27-13-8-7-9-14-27)39-34(43)30(38-26(2)40)15-12-16-32(41)45-35(3,4)5/h7-9,13-14,17,19,23,30-31,36H,10-12,15-16,18,20-22,24H2,1-6H3,(H,37,42)(H,38,40)(H,39,43)/t30-,31-/m0/s1. The van der Waals surface area contributed by atoms with Gasteiger partial charge in [0.1, 0.15) is 23.4 Å². The molecule has 2 aromatic carbocycles. The molecule has 4 N–H and O–H groups in total. The minimum Gasteiger partial charge on any atom is -0.494 e. The molecule has 0 aliphatic heterocycles. The maximum Gasteiger partial charge on any atom is 0.306 e. The van der Waals surface area contributed by atoms with Gasteiger partial charge in [0.25, 0.3) is 0 Å². The molecule has 2 rings (SSSR count). The second kappa shape index (κ2) is 19.5. The molecule has 0 aliphatic rings. The van der Waals surface area contributed by atoms with Crippen molar-refractivity contribution in [2.45, 2.75) is 104 Å². The summed E-state index contributed by atoms with van der Waals surface area (Å²) in [6.45, 7) is 10.5. The van der Waals surface area contributed by atoms with Gasteiger partial charge in [-0.25, -0.2) is 0 Å². The van der Waals surface area contributed by atoms with Gasteiger partial charge in [-0.3, -0.25) is 19.2 Å². The zero-order valence-corrected chi connectivity index (χ0v) is 27.8. The summed E-state index contributed by atoms with van der Waals surface area (Å²) in [4.78, 5) is 51.0. The lowest BCUT2D eigenvalue weighted by Gasteiger charge is -2.23. The lowest BCUT2D eigenvalue weighted by Crippen LogP contribution is -2.53. The Hall–Kier alpha value is -3.92. The van der Waals surface area contributed by atoms with Crippen LogP contribution < -0.4 is 26.0 Å². The first-order chi connectivity index (χ1) is 21.4. The first-order valence-electron chi connectivity index (χ1n) is 15.9. The van der Waals surface area contributed by atoms with Crippen LogP contribution in [0.5, 0.6) is 5.75 Å². The molecule has 0 spiro atoms. The molecule has 10 nitrogen and oxygen atoms in total. The topological polar surface area (TPSA) is 135 Å². The smallest absolute Gasteiger partial charge is 0.306 e. The van der Waals surface area contributed by atoms with Crippen LogP contribution in [0.2, 0.25) is 0 Å². The van der Waals surface area contributed by atoms with Crippen molar-refractivity contribution in [1.82, 2.24) is 21.3 Å². The number of nitrogens with one attached hydrogen (secondary N) is 4. The number of benzene rings is 2. The van der Waals surface area contributed by atoms with Crippen LogP contribution in [-0.2, 0) is 36.9 Å². The first kappa shape index (κ1) is 37.3. The van der Waals surface area contributed by atoms with E-state index in [1.54, 1.807) is 20.8 Å². The Bertz CT molecular complexity index is 1230. The highest BCUT2D eigenvalue weighted by atomic mass is 16.6. The lowest BCUT2D eigenvalue weighted by atomic mass is 10.0. The molecule has 0 saturated heterocycles. The minimum atomic E-state index is -0.902. The summed E-state index contributed by atoms with van der Waals surface area (Å²) < 4.78 is 11.3. The summed E-state index contributed by atoms with van der Waals surface area (Å²) in [5.74, 6) is -0.812. The summed E-state index contributed by atoms with van der Waals surface area (Å²) >= 11 is 0. The highest BCUT2D eigenvalue weighted by Crippen LogP contribution is 2.18. The number of ether oxygens (including phenoxy) is 2. The van der Waals surface area contributed by atoms with Gasteiger partial charge in [0, 0.05) is 19.9 Å².